The van der Waals surface area contributed by atoms with Crippen molar-refractivity contribution in [3.05, 3.63) is 60.5 Å². The number of rotatable bonds is 7. The van der Waals surface area contributed by atoms with E-state index in [1.807, 2.05) is 61.5 Å². The van der Waals surface area contributed by atoms with Crippen LogP contribution in [-0.4, -0.2) is 40.4 Å². The Labute approximate surface area is 162 Å². The van der Waals surface area contributed by atoms with Crippen molar-refractivity contribution < 1.29 is 14.1 Å². The maximum absolute atomic E-state index is 12.6. The fourth-order valence-electron chi connectivity index (χ4n) is 2.52. The predicted octanol–water partition coefficient (Wildman–Crippen LogP) is 3.88. The van der Waals surface area contributed by atoms with Crippen molar-refractivity contribution in [3.8, 4) is 17.1 Å². The number of hydrogen-bond acceptors (Lipinski definition) is 6. The third-order valence-electron chi connectivity index (χ3n) is 3.97. The summed E-state index contributed by atoms with van der Waals surface area (Å²) in [5.74, 6) is 1.65. The molecule has 27 heavy (non-hydrogen) atoms. The number of nitrogens with zero attached hydrogens (tertiary/aromatic N) is 3. The quantitative estimate of drug-likeness (QED) is 0.577. The first-order chi connectivity index (χ1) is 13.1. The van der Waals surface area contributed by atoms with Crippen LogP contribution in [0.3, 0.4) is 0 Å². The van der Waals surface area contributed by atoms with Crippen LogP contribution in [0, 0.1) is 0 Å². The van der Waals surface area contributed by atoms with Gasteiger partial charge in [0.15, 0.2) is 0 Å². The van der Waals surface area contributed by atoms with Gasteiger partial charge in [-0.15, -0.1) is 11.8 Å². The van der Waals surface area contributed by atoms with Crippen LogP contribution < -0.4 is 4.74 Å². The zero-order valence-corrected chi connectivity index (χ0v) is 16.3. The molecule has 7 heteroatoms. The molecule has 3 rings (SSSR count). The minimum absolute atomic E-state index is 0.00745. The van der Waals surface area contributed by atoms with E-state index in [9.17, 15) is 4.79 Å². The van der Waals surface area contributed by atoms with Gasteiger partial charge in [-0.2, -0.15) is 4.98 Å². The second kappa shape index (κ2) is 8.73. The molecule has 0 saturated heterocycles. The summed E-state index contributed by atoms with van der Waals surface area (Å²) < 4.78 is 10.4. The fourth-order valence-corrected chi connectivity index (χ4v) is 3.52. The molecule has 0 aliphatic rings. The molecule has 0 radical (unpaired) electrons. The van der Waals surface area contributed by atoms with Crippen molar-refractivity contribution in [2.45, 2.75) is 23.6 Å². The molecule has 1 aromatic heterocycles. The summed E-state index contributed by atoms with van der Waals surface area (Å²) in [5, 5.41) is 3.79. The maximum atomic E-state index is 12.6. The molecule has 0 bridgehead atoms. The summed E-state index contributed by atoms with van der Waals surface area (Å²) in [5.41, 5.74) is 0.827. The summed E-state index contributed by atoms with van der Waals surface area (Å²) in [6.07, 6.45) is 0. The summed E-state index contributed by atoms with van der Waals surface area (Å²) in [7, 11) is 3.35. The summed E-state index contributed by atoms with van der Waals surface area (Å²) in [6.45, 7) is 2.16. The Morgan fingerprint density at radius 3 is 2.56 bits per heavy atom. The highest BCUT2D eigenvalue weighted by Crippen LogP contribution is 2.24. The van der Waals surface area contributed by atoms with Gasteiger partial charge >= 0.3 is 0 Å². The Hall–Kier alpha value is -2.80. The standard InChI is InChI=1S/C20H21N3O3S/c1-14(27-17-7-5-4-6-8-17)20(24)23(2)13-18-21-19(22-26-18)15-9-11-16(25-3)12-10-15/h4-12,14H,13H2,1-3H3/t14-/m0/s1. The van der Waals surface area contributed by atoms with E-state index in [0.29, 0.717) is 11.7 Å². The minimum atomic E-state index is -0.207. The van der Waals surface area contributed by atoms with Crippen LogP contribution in [0.5, 0.6) is 5.75 Å². The highest BCUT2D eigenvalue weighted by Gasteiger charge is 2.21. The lowest BCUT2D eigenvalue weighted by molar-refractivity contribution is -0.129. The highest BCUT2D eigenvalue weighted by molar-refractivity contribution is 8.00. The van der Waals surface area contributed by atoms with Gasteiger partial charge < -0.3 is 14.2 Å². The van der Waals surface area contributed by atoms with E-state index in [2.05, 4.69) is 10.1 Å². The number of benzene rings is 2. The third kappa shape index (κ3) is 4.89. The molecular weight excluding hydrogens is 362 g/mol. The molecule has 0 fully saturated rings. The molecule has 1 atom stereocenters. The van der Waals surface area contributed by atoms with Crippen LogP contribution in [0.1, 0.15) is 12.8 Å². The molecule has 0 aliphatic carbocycles. The monoisotopic (exact) mass is 383 g/mol. The number of hydrogen-bond donors (Lipinski definition) is 0. The van der Waals surface area contributed by atoms with Gasteiger partial charge in [0.25, 0.3) is 0 Å². The van der Waals surface area contributed by atoms with E-state index in [-0.39, 0.29) is 17.7 Å². The number of aromatic nitrogens is 2. The molecule has 2 aromatic carbocycles. The average Bonchev–Trinajstić information content (AvgIpc) is 3.16. The third-order valence-corrected chi connectivity index (χ3v) is 5.07. The molecular formula is C20H21N3O3S. The van der Waals surface area contributed by atoms with Crippen LogP contribution in [-0.2, 0) is 11.3 Å². The number of ether oxygens (including phenoxy) is 1. The molecule has 0 N–H and O–H groups in total. The molecule has 1 heterocycles. The van der Waals surface area contributed by atoms with Crippen molar-refractivity contribution in [1.82, 2.24) is 15.0 Å². The molecule has 0 saturated carbocycles. The van der Waals surface area contributed by atoms with Gasteiger partial charge in [-0.3, -0.25) is 4.79 Å². The lowest BCUT2D eigenvalue weighted by atomic mass is 10.2. The van der Waals surface area contributed by atoms with Crippen LogP contribution in [0.4, 0.5) is 0 Å². The summed E-state index contributed by atoms with van der Waals surface area (Å²) in [6, 6.07) is 17.3. The molecule has 140 valence electrons. The molecule has 0 aliphatic heterocycles. The number of amides is 1. The van der Waals surface area contributed by atoms with Crippen molar-refractivity contribution in [3.63, 3.8) is 0 Å². The second-order valence-electron chi connectivity index (χ2n) is 6.01. The first kappa shape index (κ1) is 19.0. The van der Waals surface area contributed by atoms with Crippen molar-refractivity contribution in [2.24, 2.45) is 0 Å². The molecule has 3 aromatic rings. The van der Waals surface area contributed by atoms with Crippen molar-refractivity contribution in [2.75, 3.05) is 14.2 Å². The summed E-state index contributed by atoms with van der Waals surface area (Å²) in [4.78, 5) is 19.6. The van der Waals surface area contributed by atoms with Crippen LogP contribution in [0.25, 0.3) is 11.4 Å². The minimum Gasteiger partial charge on any atom is -0.497 e. The van der Waals surface area contributed by atoms with E-state index in [4.69, 9.17) is 9.26 Å². The number of carbonyl (C=O) groups excluding carboxylic acids is 1. The average molecular weight is 383 g/mol. The van der Waals surface area contributed by atoms with E-state index in [0.717, 1.165) is 16.2 Å². The van der Waals surface area contributed by atoms with Gasteiger partial charge in [-0.25, -0.2) is 0 Å². The normalized spacial score (nSPS) is 11.8. The number of carbonyl (C=O) groups is 1. The Bertz CT molecular complexity index is 881. The second-order valence-corrected chi connectivity index (χ2v) is 7.42. The molecule has 0 unspecified atom stereocenters. The lowest BCUT2D eigenvalue weighted by Gasteiger charge is -2.19. The first-order valence-electron chi connectivity index (χ1n) is 8.50. The Balaban J connectivity index is 1.61. The van der Waals surface area contributed by atoms with Gasteiger partial charge in [0.05, 0.1) is 18.9 Å². The van der Waals surface area contributed by atoms with E-state index < -0.39 is 0 Å². The van der Waals surface area contributed by atoms with E-state index in [1.54, 1.807) is 19.1 Å². The Kier molecular flexibility index (Phi) is 6.13. The van der Waals surface area contributed by atoms with Crippen LogP contribution >= 0.6 is 11.8 Å². The van der Waals surface area contributed by atoms with Crippen molar-refractivity contribution in [1.29, 1.82) is 0 Å². The van der Waals surface area contributed by atoms with Gasteiger partial charge in [0.1, 0.15) is 5.75 Å². The maximum Gasteiger partial charge on any atom is 0.246 e. The van der Waals surface area contributed by atoms with Crippen LogP contribution in [0.2, 0.25) is 0 Å². The zero-order chi connectivity index (χ0) is 19.2. The Morgan fingerprint density at radius 1 is 1.19 bits per heavy atom. The SMILES string of the molecule is COc1ccc(-c2noc(CN(C)C(=O)[C@H](C)Sc3ccccc3)n2)cc1. The molecule has 6 nitrogen and oxygen atoms in total. The van der Waals surface area contributed by atoms with Gasteiger partial charge in [-0.05, 0) is 43.3 Å². The highest BCUT2D eigenvalue weighted by atomic mass is 32.2. The van der Waals surface area contributed by atoms with Gasteiger partial charge in [0, 0.05) is 17.5 Å². The summed E-state index contributed by atoms with van der Waals surface area (Å²) >= 11 is 1.53. The number of methoxy groups -OCH3 is 1. The topological polar surface area (TPSA) is 68.5 Å². The zero-order valence-electron chi connectivity index (χ0n) is 15.5. The van der Waals surface area contributed by atoms with E-state index >= 15 is 0 Å². The first-order valence-corrected chi connectivity index (χ1v) is 9.38. The predicted molar refractivity (Wildman–Crippen MR) is 105 cm³/mol. The molecule has 1 amide bonds. The lowest BCUT2D eigenvalue weighted by Crippen LogP contribution is -2.32. The largest absolute Gasteiger partial charge is 0.497 e. The van der Waals surface area contributed by atoms with Crippen LogP contribution in [0.15, 0.2) is 64.0 Å². The Morgan fingerprint density at radius 2 is 1.89 bits per heavy atom. The van der Waals surface area contributed by atoms with Crippen molar-refractivity contribution >= 4 is 17.7 Å². The smallest absolute Gasteiger partial charge is 0.246 e. The number of thioether (sulfide) groups is 1. The van der Waals surface area contributed by atoms with Gasteiger partial charge in [0.2, 0.25) is 17.6 Å². The fraction of sp³-hybridized carbons (Fsp3) is 0.250. The molecule has 0 spiro atoms. The van der Waals surface area contributed by atoms with Gasteiger partial charge in [-0.1, -0.05) is 23.4 Å². The van der Waals surface area contributed by atoms with E-state index in [1.165, 1.54) is 11.8 Å².